The predicted molar refractivity (Wildman–Crippen MR) is 91.6 cm³/mol. The van der Waals surface area contributed by atoms with Crippen LogP contribution in [0.5, 0.6) is 0 Å². The lowest BCUT2D eigenvalue weighted by Crippen LogP contribution is -2.46. The monoisotopic (exact) mass is 351 g/mol. The molecular formula is C15H15Cl2N5O. The molecule has 1 N–H and O–H groups in total. The van der Waals surface area contributed by atoms with E-state index in [0.29, 0.717) is 34.6 Å². The molecule has 1 aliphatic heterocycles. The van der Waals surface area contributed by atoms with Crippen LogP contribution in [0, 0.1) is 0 Å². The minimum atomic E-state index is 0.453. The Balaban J connectivity index is 1.75. The Kier molecular flexibility index (Phi) is 4.83. The number of piperazine rings is 1. The van der Waals surface area contributed by atoms with Gasteiger partial charge >= 0.3 is 0 Å². The van der Waals surface area contributed by atoms with E-state index in [-0.39, 0.29) is 0 Å². The van der Waals surface area contributed by atoms with Gasteiger partial charge in [-0.3, -0.25) is 4.79 Å². The van der Waals surface area contributed by atoms with Gasteiger partial charge in [0.15, 0.2) is 0 Å². The van der Waals surface area contributed by atoms with Crippen LogP contribution >= 0.6 is 23.2 Å². The molecule has 0 saturated carbocycles. The molecule has 120 valence electrons. The Morgan fingerprint density at radius 1 is 1.13 bits per heavy atom. The second-order valence-electron chi connectivity index (χ2n) is 5.12. The number of carbonyl (C=O) groups is 1. The summed E-state index contributed by atoms with van der Waals surface area (Å²) in [5.74, 6) is 1.45. The van der Waals surface area contributed by atoms with Crippen LogP contribution in [0.2, 0.25) is 10.0 Å². The number of hydrogen-bond acceptors (Lipinski definition) is 5. The molecule has 0 unspecified atom stereocenters. The lowest BCUT2D eigenvalue weighted by atomic mass is 10.3. The van der Waals surface area contributed by atoms with E-state index < -0.39 is 0 Å². The highest BCUT2D eigenvalue weighted by Gasteiger charge is 2.17. The molecule has 8 heteroatoms. The van der Waals surface area contributed by atoms with E-state index in [4.69, 9.17) is 23.2 Å². The summed E-state index contributed by atoms with van der Waals surface area (Å²) in [6.45, 7) is 2.87. The topological polar surface area (TPSA) is 61.4 Å². The van der Waals surface area contributed by atoms with E-state index >= 15 is 0 Å². The van der Waals surface area contributed by atoms with Crippen LogP contribution in [0.1, 0.15) is 0 Å². The van der Waals surface area contributed by atoms with Crippen LogP contribution in [0.15, 0.2) is 30.6 Å². The maximum atomic E-state index is 10.8. The maximum Gasteiger partial charge on any atom is 0.209 e. The van der Waals surface area contributed by atoms with E-state index in [1.807, 2.05) is 18.2 Å². The Morgan fingerprint density at radius 3 is 2.65 bits per heavy atom. The smallest absolute Gasteiger partial charge is 0.209 e. The minimum absolute atomic E-state index is 0.453. The third-order valence-corrected chi connectivity index (χ3v) is 4.47. The number of anilines is 3. The van der Waals surface area contributed by atoms with E-state index in [0.717, 1.165) is 25.3 Å². The number of halogens is 2. The number of rotatable bonds is 4. The second kappa shape index (κ2) is 7.02. The van der Waals surface area contributed by atoms with Crippen molar-refractivity contribution < 1.29 is 4.79 Å². The van der Waals surface area contributed by atoms with Gasteiger partial charge in [0, 0.05) is 32.2 Å². The molecule has 1 aromatic heterocycles. The lowest BCUT2D eigenvalue weighted by Gasteiger charge is -2.33. The summed E-state index contributed by atoms with van der Waals surface area (Å²) in [4.78, 5) is 23.2. The summed E-state index contributed by atoms with van der Waals surface area (Å²) < 4.78 is 0. The third-order valence-electron chi connectivity index (χ3n) is 3.65. The fraction of sp³-hybridized carbons (Fsp3) is 0.267. The summed E-state index contributed by atoms with van der Waals surface area (Å²) in [5.41, 5.74) is 0.689. The van der Waals surface area contributed by atoms with Crippen molar-refractivity contribution in [1.82, 2.24) is 14.9 Å². The molecule has 2 aromatic rings. The molecule has 0 bridgehead atoms. The summed E-state index contributed by atoms with van der Waals surface area (Å²) in [6, 6.07) is 7.23. The maximum absolute atomic E-state index is 10.8. The van der Waals surface area contributed by atoms with Crippen molar-refractivity contribution in [3.05, 3.63) is 40.6 Å². The average Bonchev–Trinajstić information content (AvgIpc) is 2.59. The highest BCUT2D eigenvalue weighted by molar-refractivity contribution is 6.43. The number of carbonyl (C=O) groups excluding carboxylic acids is 1. The largest absolute Gasteiger partial charge is 0.353 e. The third kappa shape index (κ3) is 3.65. The zero-order valence-corrected chi connectivity index (χ0v) is 13.8. The summed E-state index contributed by atoms with van der Waals surface area (Å²) in [7, 11) is 0. The van der Waals surface area contributed by atoms with Gasteiger partial charge in [-0.25, -0.2) is 9.97 Å². The number of hydrogen-bond donors (Lipinski definition) is 1. The van der Waals surface area contributed by atoms with Gasteiger partial charge in [-0.1, -0.05) is 29.3 Å². The van der Waals surface area contributed by atoms with Crippen molar-refractivity contribution in [2.24, 2.45) is 0 Å². The first-order valence-corrected chi connectivity index (χ1v) is 7.90. The molecule has 2 heterocycles. The summed E-state index contributed by atoms with van der Waals surface area (Å²) >= 11 is 12.2. The van der Waals surface area contributed by atoms with Crippen molar-refractivity contribution >= 4 is 46.9 Å². The molecule has 0 atom stereocenters. The molecule has 1 fully saturated rings. The van der Waals surface area contributed by atoms with E-state index in [1.165, 1.54) is 6.33 Å². The van der Waals surface area contributed by atoms with Gasteiger partial charge in [0.2, 0.25) is 6.41 Å². The molecule has 1 aliphatic rings. The van der Waals surface area contributed by atoms with Crippen LogP contribution in [0.4, 0.5) is 17.3 Å². The molecule has 23 heavy (non-hydrogen) atoms. The zero-order valence-electron chi connectivity index (χ0n) is 12.2. The van der Waals surface area contributed by atoms with Gasteiger partial charge in [-0.15, -0.1) is 0 Å². The van der Waals surface area contributed by atoms with Gasteiger partial charge in [-0.2, -0.15) is 0 Å². The van der Waals surface area contributed by atoms with Gasteiger partial charge in [0.05, 0.1) is 15.7 Å². The molecular weight excluding hydrogens is 337 g/mol. The lowest BCUT2D eigenvalue weighted by molar-refractivity contribution is -0.118. The number of nitrogens with one attached hydrogen (secondary N) is 1. The molecule has 0 radical (unpaired) electrons. The first-order chi connectivity index (χ1) is 11.2. The van der Waals surface area contributed by atoms with Gasteiger partial charge < -0.3 is 15.1 Å². The van der Waals surface area contributed by atoms with Crippen LogP contribution < -0.4 is 10.2 Å². The van der Waals surface area contributed by atoms with Crippen molar-refractivity contribution in [2.75, 3.05) is 36.4 Å². The minimum Gasteiger partial charge on any atom is -0.353 e. The molecule has 0 aliphatic carbocycles. The Morgan fingerprint density at radius 2 is 1.91 bits per heavy atom. The molecule has 3 rings (SSSR count). The van der Waals surface area contributed by atoms with Crippen molar-refractivity contribution in [1.29, 1.82) is 0 Å². The molecule has 0 spiro atoms. The normalized spacial score (nSPS) is 14.7. The Bertz CT molecular complexity index is 704. The highest BCUT2D eigenvalue weighted by atomic mass is 35.5. The predicted octanol–water partition coefficient (Wildman–Crippen LogP) is 2.81. The van der Waals surface area contributed by atoms with Crippen molar-refractivity contribution in [3.8, 4) is 0 Å². The van der Waals surface area contributed by atoms with Gasteiger partial charge in [0.25, 0.3) is 0 Å². The van der Waals surface area contributed by atoms with E-state index in [9.17, 15) is 4.79 Å². The standard InChI is InChI=1S/C15H15Cl2N5O/c16-11-2-1-3-12(15(11)17)20-13-8-14(19-9-18-13)22-6-4-21(10-23)5-7-22/h1-3,8-10H,4-7H2,(H,18,19,20). The molecule has 1 saturated heterocycles. The fourth-order valence-electron chi connectivity index (χ4n) is 2.38. The first kappa shape index (κ1) is 15.8. The molecule has 6 nitrogen and oxygen atoms in total. The molecule has 1 amide bonds. The van der Waals surface area contributed by atoms with Crippen LogP contribution in [0.25, 0.3) is 0 Å². The highest BCUT2D eigenvalue weighted by Crippen LogP contribution is 2.31. The summed E-state index contributed by atoms with van der Waals surface area (Å²) in [6.07, 6.45) is 2.38. The van der Waals surface area contributed by atoms with E-state index in [2.05, 4.69) is 20.2 Å². The first-order valence-electron chi connectivity index (χ1n) is 7.15. The number of benzene rings is 1. The van der Waals surface area contributed by atoms with Gasteiger partial charge in [-0.05, 0) is 12.1 Å². The number of aromatic nitrogens is 2. The zero-order chi connectivity index (χ0) is 16.2. The van der Waals surface area contributed by atoms with Crippen LogP contribution in [-0.4, -0.2) is 47.5 Å². The number of amides is 1. The quantitative estimate of drug-likeness (QED) is 0.858. The Hall–Kier alpha value is -2.05. The van der Waals surface area contributed by atoms with Crippen molar-refractivity contribution in [2.45, 2.75) is 0 Å². The SMILES string of the molecule is O=CN1CCN(c2cc(Nc3cccc(Cl)c3Cl)ncn2)CC1. The second-order valence-corrected chi connectivity index (χ2v) is 5.90. The van der Waals surface area contributed by atoms with Crippen LogP contribution in [-0.2, 0) is 4.79 Å². The average molecular weight is 352 g/mol. The van der Waals surface area contributed by atoms with E-state index in [1.54, 1.807) is 11.0 Å². The Labute approximate surface area is 144 Å². The van der Waals surface area contributed by atoms with Crippen LogP contribution in [0.3, 0.4) is 0 Å². The summed E-state index contributed by atoms with van der Waals surface area (Å²) in [5, 5.41) is 4.09. The van der Waals surface area contributed by atoms with Crippen molar-refractivity contribution in [3.63, 3.8) is 0 Å². The number of nitrogens with zero attached hydrogens (tertiary/aromatic N) is 4. The molecule has 1 aromatic carbocycles. The van der Waals surface area contributed by atoms with Gasteiger partial charge in [0.1, 0.15) is 18.0 Å². The fourth-order valence-corrected chi connectivity index (χ4v) is 2.73.